The second-order valence-electron chi connectivity index (χ2n) is 6.87. The summed E-state index contributed by atoms with van der Waals surface area (Å²) in [4.78, 5) is 32.0. The van der Waals surface area contributed by atoms with Gasteiger partial charge in [-0.1, -0.05) is 0 Å². The van der Waals surface area contributed by atoms with E-state index in [0.717, 1.165) is 41.6 Å². The summed E-state index contributed by atoms with van der Waals surface area (Å²) in [5.41, 5.74) is 1.65. The standard InChI is InChI=1S/C20H23N3O4/c1-2-26-16-6-7-17-14(12-16)11-15-13-23(20(25)27-19(15)21-17)10-4-9-22-8-3-5-18(22)24/h6-7,11-12H,2-5,8-10,13H2,1H3. The predicted octanol–water partition coefficient (Wildman–Crippen LogP) is 2.96. The molecule has 2 amide bonds. The molecular formula is C20H23N3O4. The van der Waals surface area contributed by atoms with Crippen LogP contribution in [0, 0.1) is 0 Å². The van der Waals surface area contributed by atoms with Gasteiger partial charge in [0.05, 0.1) is 18.7 Å². The number of nitrogens with zero attached hydrogens (tertiary/aromatic N) is 3. The van der Waals surface area contributed by atoms with Crippen molar-refractivity contribution in [2.45, 2.75) is 32.7 Å². The maximum absolute atomic E-state index is 12.3. The molecule has 1 fully saturated rings. The second kappa shape index (κ2) is 7.42. The van der Waals surface area contributed by atoms with Gasteiger partial charge >= 0.3 is 6.09 Å². The molecule has 0 N–H and O–H groups in total. The highest BCUT2D eigenvalue weighted by molar-refractivity contribution is 5.83. The van der Waals surface area contributed by atoms with Gasteiger partial charge in [0.15, 0.2) is 0 Å². The van der Waals surface area contributed by atoms with Gasteiger partial charge in [-0.05, 0) is 44.0 Å². The zero-order valence-corrected chi connectivity index (χ0v) is 15.4. The van der Waals surface area contributed by atoms with Gasteiger partial charge in [0, 0.05) is 37.0 Å². The van der Waals surface area contributed by atoms with E-state index in [-0.39, 0.29) is 12.0 Å². The molecule has 7 nitrogen and oxygen atoms in total. The Morgan fingerprint density at radius 3 is 2.81 bits per heavy atom. The second-order valence-corrected chi connectivity index (χ2v) is 6.87. The van der Waals surface area contributed by atoms with Crippen LogP contribution in [0.15, 0.2) is 24.3 Å². The first-order valence-electron chi connectivity index (χ1n) is 9.45. The fourth-order valence-corrected chi connectivity index (χ4v) is 3.62. The highest BCUT2D eigenvalue weighted by atomic mass is 16.6. The molecule has 0 spiro atoms. The van der Waals surface area contributed by atoms with Crippen LogP contribution in [0.3, 0.4) is 0 Å². The Balaban J connectivity index is 1.46. The largest absolute Gasteiger partial charge is 0.494 e. The third kappa shape index (κ3) is 3.67. The minimum atomic E-state index is -0.381. The fraction of sp³-hybridized carbons (Fsp3) is 0.450. The van der Waals surface area contributed by atoms with Crippen LogP contribution in [0.2, 0.25) is 0 Å². The van der Waals surface area contributed by atoms with Crippen LogP contribution in [0.25, 0.3) is 10.9 Å². The van der Waals surface area contributed by atoms with Crippen molar-refractivity contribution in [1.29, 1.82) is 0 Å². The number of fused-ring (bicyclic) bond motifs is 2. The summed E-state index contributed by atoms with van der Waals surface area (Å²) in [7, 11) is 0. The monoisotopic (exact) mass is 369 g/mol. The lowest BCUT2D eigenvalue weighted by atomic mass is 10.1. The Morgan fingerprint density at radius 2 is 2.04 bits per heavy atom. The number of likely N-dealkylation sites (tertiary alicyclic amines) is 1. The fourth-order valence-electron chi connectivity index (χ4n) is 3.62. The molecule has 0 radical (unpaired) electrons. The van der Waals surface area contributed by atoms with Crippen molar-refractivity contribution in [3.8, 4) is 11.6 Å². The first kappa shape index (κ1) is 17.6. The van der Waals surface area contributed by atoms with Crippen molar-refractivity contribution in [2.24, 2.45) is 0 Å². The average Bonchev–Trinajstić information content (AvgIpc) is 3.06. The van der Waals surface area contributed by atoms with E-state index in [1.807, 2.05) is 36.1 Å². The number of carbonyl (C=O) groups excluding carboxylic acids is 2. The quantitative estimate of drug-likeness (QED) is 0.783. The summed E-state index contributed by atoms with van der Waals surface area (Å²) in [5, 5.41) is 0.959. The number of carbonyl (C=O) groups is 2. The average molecular weight is 369 g/mol. The smallest absolute Gasteiger partial charge is 0.416 e. The topological polar surface area (TPSA) is 72.0 Å². The highest BCUT2D eigenvalue weighted by Crippen LogP contribution is 2.29. The van der Waals surface area contributed by atoms with Crippen LogP contribution in [-0.2, 0) is 11.3 Å². The molecule has 0 aliphatic carbocycles. The molecule has 3 heterocycles. The van der Waals surface area contributed by atoms with Crippen LogP contribution < -0.4 is 9.47 Å². The van der Waals surface area contributed by atoms with Crippen molar-refractivity contribution in [1.82, 2.24) is 14.8 Å². The lowest BCUT2D eigenvalue weighted by molar-refractivity contribution is -0.127. The molecule has 7 heteroatoms. The minimum Gasteiger partial charge on any atom is -0.494 e. The molecule has 1 saturated heterocycles. The Kier molecular flexibility index (Phi) is 4.83. The number of hydrogen-bond acceptors (Lipinski definition) is 5. The van der Waals surface area contributed by atoms with E-state index in [0.29, 0.717) is 38.5 Å². The first-order valence-corrected chi connectivity index (χ1v) is 9.45. The number of aromatic nitrogens is 1. The Morgan fingerprint density at radius 1 is 1.19 bits per heavy atom. The predicted molar refractivity (Wildman–Crippen MR) is 99.8 cm³/mol. The van der Waals surface area contributed by atoms with Gasteiger partial charge in [0.25, 0.3) is 0 Å². The lowest BCUT2D eigenvalue weighted by Crippen LogP contribution is -2.39. The number of pyridine rings is 1. The Hall–Kier alpha value is -2.83. The SMILES string of the molecule is CCOc1ccc2nc3c(cc2c1)CN(CCCN1CCCC1=O)C(=O)O3. The van der Waals surface area contributed by atoms with Gasteiger partial charge in [-0.3, -0.25) is 4.79 Å². The molecule has 2 aliphatic rings. The van der Waals surface area contributed by atoms with E-state index in [4.69, 9.17) is 9.47 Å². The third-order valence-electron chi connectivity index (χ3n) is 4.97. The number of ether oxygens (including phenoxy) is 2. The minimum absolute atomic E-state index is 0.210. The zero-order valence-electron chi connectivity index (χ0n) is 15.4. The zero-order chi connectivity index (χ0) is 18.8. The molecular weight excluding hydrogens is 346 g/mol. The highest BCUT2D eigenvalue weighted by Gasteiger charge is 2.27. The number of amides is 2. The molecule has 0 unspecified atom stereocenters. The van der Waals surface area contributed by atoms with E-state index < -0.39 is 0 Å². The third-order valence-corrected chi connectivity index (χ3v) is 4.97. The Labute approximate surface area is 157 Å². The van der Waals surface area contributed by atoms with Gasteiger partial charge in [-0.25, -0.2) is 9.78 Å². The van der Waals surface area contributed by atoms with Gasteiger partial charge in [-0.2, -0.15) is 0 Å². The van der Waals surface area contributed by atoms with E-state index in [1.54, 1.807) is 4.90 Å². The van der Waals surface area contributed by atoms with E-state index in [9.17, 15) is 9.59 Å². The summed E-state index contributed by atoms with van der Waals surface area (Å²) >= 11 is 0. The first-order chi connectivity index (χ1) is 13.1. The van der Waals surface area contributed by atoms with Crippen molar-refractivity contribution in [3.63, 3.8) is 0 Å². The molecule has 142 valence electrons. The van der Waals surface area contributed by atoms with E-state index >= 15 is 0 Å². The van der Waals surface area contributed by atoms with Crippen molar-refractivity contribution >= 4 is 22.9 Å². The molecule has 2 aromatic rings. The van der Waals surface area contributed by atoms with Crippen LogP contribution >= 0.6 is 0 Å². The molecule has 2 aliphatic heterocycles. The van der Waals surface area contributed by atoms with E-state index in [1.165, 1.54) is 0 Å². The number of rotatable bonds is 6. The van der Waals surface area contributed by atoms with Crippen LogP contribution in [0.5, 0.6) is 11.6 Å². The summed E-state index contributed by atoms with van der Waals surface area (Å²) in [6.07, 6.45) is 1.93. The van der Waals surface area contributed by atoms with Gasteiger partial charge in [0.2, 0.25) is 11.8 Å². The van der Waals surface area contributed by atoms with Crippen molar-refractivity contribution < 1.29 is 19.1 Å². The molecule has 0 bridgehead atoms. The molecule has 27 heavy (non-hydrogen) atoms. The summed E-state index contributed by atoms with van der Waals surface area (Å²) in [5.74, 6) is 1.39. The normalized spacial score (nSPS) is 16.6. The maximum Gasteiger partial charge on any atom is 0.416 e. The van der Waals surface area contributed by atoms with Gasteiger partial charge < -0.3 is 19.3 Å². The molecule has 0 saturated carbocycles. The van der Waals surface area contributed by atoms with Gasteiger partial charge in [-0.15, -0.1) is 0 Å². The van der Waals surface area contributed by atoms with Crippen LogP contribution in [-0.4, -0.2) is 53.0 Å². The summed E-state index contributed by atoms with van der Waals surface area (Å²) < 4.78 is 11.0. The lowest BCUT2D eigenvalue weighted by Gasteiger charge is -2.28. The molecule has 4 rings (SSSR count). The summed E-state index contributed by atoms with van der Waals surface area (Å²) in [6, 6.07) is 7.69. The van der Waals surface area contributed by atoms with Crippen LogP contribution in [0.4, 0.5) is 4.79 Å². The Bertz CT molecular complexity index is 883. The number of benzene rings is 1. The van der Waals surface area contributed by atoms with Gasteiger partial charge in [0.1, 0.15) is 5.75 Å². The molecule has 0 atom stereocenters. The van der Waals surface area contributed by atoms with E-state index in [2.05, 4.69) is 4.98 Å². The van der Waals surface area contributed by atoms with Crippen molar-refractivity contribution in [2.75, 3.05) is 26.2 Å². The summed E-state index contributed by atoms with van der Waals surface area (Å²) in [6.45, 7) is 5.08. The molecule has 1 aromatic carbocycles. The van der Waals surface area contributed by atoms with Crippen LogP contribution in [0.1, 0.15) is 31.7 Å². The number of hydrogen-bond donors (Lipinski definition) is 0. The van der Waals surface area contributed by atoms with Crippen molar-refractivity contribution in [3.05, 3.63) is 29.8 Å². The molecule has 1 aromatic heterocycles. The maximum atomic E-state index is 12.3.